The number of rotatable bonds is 1. The van der Waals surface area contributed by atoms with E-state index in [2.05, 4.69) is 0 Å². The lowest BCUT2D eigenvalue weighted by Crippen LogP contribution is -2.41. The Morgan fingerprint density at radius 3 is 2.17 bits per heavy atom. The number of hydrogen-bond donors (Lipinski definition) is 1. The Balaban J connectivity index is 0.000000561. The maximum absolute atomic E-state index is 12.1. The van der Waals surface area contributed by atoms with Gasteiger partial charge in [-0.25, -0.2) is 8.78 Å². The molecule has 70 valence electrons. The third-order valence-electron chi connectivity index (χ3n) is 1.74. The zero-order valence-corrected chi connectivity index (χ0v) is 7.35. The van der Waals surface area contributed by atoms with Crippen molar-refractivity contribution in [2.45, 2.75) is 38.7 Å². The molecule has 1 unspecified atom stereocenters. The van der Waals surface area contributed by atoms with E-state index in [1.807, 2.05) is 19.8 Å². The molecule has 0 spiro atoms. The van der Waals surface area contributed by atoms with Gasteiger partial charge in [-0.05, 0) is 0 Å². The summed E-state index contributed by atoms with van der Waals surface area (Å²) in [6.07, 6.45) is 3.31. The quantitative estimate of drug-likeness (QED) is 0.606. The van der Waals surface area contributed by atoms with E-state index in [-0.39, 0.29) is 18.8 Å². The molecule has 0 amide bonds. The Morgan fingerprint density at radius 1 is 1.50 bits per heavy atom. The van der Waals surface area contributed by atoms with Gasteiger partial charge in [0, 0.05) is 18.8 Å². The van der Waals surface area contributed by atoms with Gasteiger partial charge in [0.2, 0.25) is 5.92 Å². The van der Waals surface area contributed by atoms with Crippen LogP contribution in [0.4, 0.5) is 8.78 Å². The normalized spacial score (nSPS) is 22.7. The second kappa shape index (κ2) is 4.42. The Bertz CT molecular complexity index is 164. The zero-order valence-electron chi connectivity index (χ0n) is 7.35. The molecular formula is C9H14F2O. The topological polar surface area (TPSA) is 20.2 Å². The Morgan fingerprint density at radius 2 is 1.92 bits per heavy atom. The molecular weight excluding hydrogens is 162 g/mol. The highest BCUT2D eigenvalue weighted by molar-refractivity contribution is 5.03. The van der Waals surface area contributed by atoms with Crippen LogP contribution in [0.5, 0.6) is 0 Å². The van der Waals surface area contributed by atoms with Crippen molar-refractivity contribution in [2.75, 3.05) is 0 Å². The molecule has 0 bridgehead atoms. The summed E-state index contributed by atoms with van der Waals surface area (Å²) in [5.74, 6) is -0.943. The lowest BCUT2D eigenvalue weighted by molar-refractivity contribution is -0.131. The molecule has 12 heavy (non-hydrogen) atoms. The van der Waals surface area contributed by atoms with Gasteiger partial charge < -0.3 is 5.11 Å². The van der Waals surface area contributed by atoms with Crippen LogP contribution >= 0.6 is 0 Å². The smallest absolute Gasteiger partial charge is 0.249 e. The van der Waals surface area contributed by atoms with Crippen LogP contribution in [-0.4, -0.2) is 17.1 Å². The average molecular weight is 176 g/mol. The number of terminal acetylenes is 1. The van der Waals surface area contributed by atoms with E-state index in [0.717, 1.165) is 0 Å². The first-order valence-electron chi connectivity index (χ1n) is 4.07. The van der Waals surface area contributed by atoms with E-state index >= 15 is 0 Å². The van der Waals surface area contributed by atoms with E-state index in [4.69, 9.17) is 11.5 Å². The summed E-state index contributed by atoms with van der Waals surface area (Å²) >= 11 is 0. The van der Waals surface area contributed by atoms with Gasteiger partial charge >= 0.3 is 0 Å². The maximum Gasteiger partial charge on any atom is 0.249 e. The largest absolute Gasteiger partial charge is 0.380 e. The van der Waals surface area contributed by atoms with Gasteiger partial charge in [-0.1, -0.05) is 19.8 Å². The molecule has 0 aliphatic heterocycles. The van der Waals surface area contributed by atoms with Crippen LogP contribution in [0.1, 0.15) is 26.7 Å². The van der Waals surface area contributed by atoms with Crippen molar-refractivity contribution in [3.05, 3.63) is 0 Å². The van der Waals surface area contributed by atoms with Gasteiger partial charge in [-0.2, -0.15) is 0 Å². The monoisotopic (exact) mass is 176 g/mol. The van der Waals surface area contributed by atoms with E-state index < -0.39 is 12.0 Å². The van der Waals surface area contributed by atoms with Gasteiger partial charge in [0.1, 0.15) is 6.10 Å². The minimum atomic E-state index is -2.58. The molecule has 1 N–H and O–H groups in total. The van der Waals surface area contributed by atoms with Crippen LogP contribution in [0.2, 0.25) is 0 Å². The minimum Gasteiger partial charge on any atom is -0.380 e. The van der Waals surface area contributed by atoms with E-state index in [9.17, 15) is 8.78 Å². The molecule has 1 atom stereocenters. The van der Waals surface area contributed by atoms with Crippen molar-refractivity contribution in [1.82, 2.24) is 0 Å². The fraction of sp³-hybridized carbons (Fsp3) is 0.778. The first kappa shape index (κ1) is 11.4. The van der Waals surface area contributed by atoms with E-state index in [1.54, 1.807) is 0 Å². The number of aliphatic hydroxyl groups is 1. The number of aliphatic hydroxyl groups excluding tert-OH is 1. The van der Waals surface area contributed by atoms with Crippen molar-refractivity contribution in [1.29, 1.82) is 0 Å². The van der Waals surface area contributed by atoms with Crippen LogP contribution in [0.25, 0.3) is 0 Å². The summed E-state index contributed by atoms with van der Waals surface area (Å²) in [5, 5.41) is 8.84. The summed E-state index contributed by atoms with van der Waals surface area (Å²) in [6.45, 7) is 4.00. The third-order valence-corrected chi connectivity index (χ3v) is 1.74. The van der Waals surface area contributed by atoms with Gasteiger partial charge in [-0.15, -0.1) is 6.42 Å². The Kier molecular flexibility index (Phi) is 4.19. The summed E-state index contributed by atoms with van der Waals surface area (Å²) < 4.78 is 24.2. The predicted molar refractivity (Wildman–Crippen MR) is 43.9 cm³/mol. The Hall–Kier alpha value is -0.620. The average Bonchev–Trinajstić information content (AvgIpc) is 2.02. The van der Waals surface area contributed by atoms with Crippen molar-refractivity contribution >= 4 is 0 Å². The molecule has 1 aliphatic rings. The standard InChI is InChI=1S/C7H8F2O.C2H6/c1-2-6(10)5-3-7(8,9)4-5;1-2/h1,5-6,10H,3-4H2;1-2H3. The second-order valence-corrected chi connectivity index (χ2v) is 2.64. The molecule has 0 heterocycles. The molecule has 0 aromatic rings. The highest BCUT2D eigenvalue weighted by Crippen LogP contribution is 2.43. The van der Waals surface area contributed by atoms with E-state index in [1.165, 1.54) is 0 Å². The van der Waals surface area contributed by atoms with Crippen molar-refractivity contribution in [3.63, 3.8) is 0 Å². The van der Waals surface area contributed by atoms with Gasteiger partial charge in [-0.3, -0.25) is 0 Å². The van der Waals surface area contributed by atoms with Crippen LogP contribution in [0.15, 0.2) is 0 Å². The van der Waals surface area contributed by atoms with Crippen LogP contribution in [0.3, 0.4) is 0 Å². The molecule has 1 saturated carbocycles. The predicted octanol–water partition coefficient (Wildman–Crippen LogP) is 2.05. The minimum absolute atomic E-state index is 0.266. The SMILES string of the molecule is C#CC(O)C1CC(F)(F)C1.CC. The van der Waals surface area contributed by atoms with Gasteiger partial charge in [0.05, 0.1) is 0 Å². The molecule has 3 heteroatoms. The fourth-order valence-electron chi connectivity index (χ4n) is 1.07. The van der Waals surface area contributed by atoms with Gasteiger partial charge in [0.15, 0.2) is 0 Å². The molecule has 0 saturated heterocycles. The van der Waals surface area contributed by atoms with Crippen molar-refractivity contribution in [2.24, 2.45) is 5.92 Å². The van der Waals surface area contributed by atoms with Crippen molar-refractivity contribution < 1.29 is 13.9 Å². The first-order valence-corrected chi connectivity index (χ1v) is 4.07. The summed E-state index contributed by atoms with van der Waals surface area (Å²) in [4.78, 5) is 0. The maximum atomic E-state index is 12.1. The first-order chi connectivity index (χ1) is 5.55. The zero-order chi connectivity index (χ0) is 9.78. The Labute approximate surface area is 71.8 Å². The number of alkyl halides is 2. The number of halogens is 2. The molecule has 1 fully saturated rings. The number of hydrogen-bond acceptors (Lipinski definition) is 1. The molecule has 1 nitrogen and oxygen atoms in total. The highest BCUT2D eigenvalue weighted by atomic mass is 19.3. The lowest BCUT2D eigenvalue weighted by Gasteiger charge is -2.35. The van der Waals surface area contributed by atoms with Crippen molar-refractivity contribution in [3.8, 4) is 12.3 Å². The summed E-state index contributed by atoms with van der Waals surface area (Å²) in [5.41, 5.74) is 0. The molecule has 1 aliphatic carbocycles. The third kappa shape index (κ3) is 2.78. The molecule has 1 rings (SSSR count). The second-order valence-electron chi connectivity index (χ2n) is 2.64. The highest BCUT2D eigenvalue weighted by Gasteiger charge is 2.47. The van der Waals surface area contributed by atoms with Crippen LogP contribution in [-0.2, 0) is 0 Å². The van der Waals surface area contributed by atoms with Gasteiger partial charge in [0.25, 0.3) is 0 Å². The van der Waals surface area contributed by atoms with Crippen LogP contribution in [0, 0.1) is 18.3 Å². The summed E-state index contributed by atoms with van der Waals surface area (Å²) in [7, 11) is 0. The lowest BCUT2D eigenvalue weighted by atomic mass is 9.78. The fourth-order valence-corrected chi connectivity index (χ4v) is 1.07. The molecule has 0 aromatic carbocycles. The van der Waals surface area contributed by atoms with E-state index in [0.29, 0.717) is 0 Å². The summed E-state index contributed by atoms with van der Waals surface area (Å²) in [6, 6.07) is 0. The molecule has 0 radical (unpaired) electrons. The molecule has 0 aromatic heterocycles. The van der Waals surface area contributed by atoms with Crippen LogP contribution < -0.4 is 0 Å².